The van der Waals surface area contributed by atoms with Crippen LogP contribution in [0.4, 0.5) is 9.80 Å². The third-order valence-corrected chi connectivity index (χ3v) is 6.06. The van der Waals surface area contributed by atoms with Crippen LogP contribution in [-0.4, -0.2) is 41.7 Å². The molecule has 0 unspecified atom stereocenters. The minimum atomic E-state index is -0.383. The fraction of sp³-hybridized carbons (Fsp3) is 0.167. The molecule has 4 rings (SSSR count). The van der Waals surface area contributed by atoms with Crippen LogP contribution in [0.25, 0.3) is 6.08 Å². The van der Waals surface area contributed by atoms with E-state index in [2.05, 4.69) is 15.3 Å². The lowest BCUT2D eigenvalue weighted by molar-refractivity contribution is -0.111. The smallest absolute Gasteiger partial charge is 0.410 e. The van der Waals surface area contributed by atoms with E-state index in [-0.39, 0.29) is 12.0 Å². The number of nitrogens with one attached hydrogen (secondary N) is 1. The van der Waals surface area contributed by atoms with Gasteiger partial charge in [0.2, 0.25) is 5.91 Å². The molecule has 0 fully saturated rings. The third kappa shape index (κ3) is 5.09. The zero-order valence-corrected chi connectivity index (χ0v) is 18.3. The van der Waals surface area contributed by atoms with E-state index in [1.165, 1.54) is 17.4 Å². The molecule has 0 saturated carbocycles. The first kappa shape index (κ1) is 21.5. The number of aliphatic imine (C=N–C) groups is 1. The summed E-state index contributed by atoms with van der Waals surface area (Å²) in [5.74, 6) is 0.278. The molecule has 0 radical (unpaired) electrons. The molecule has 0 saturated heterocycles. The maximum absolute atomic E-state index is 12.6. The SMILES string of the molecule is CN=Cc1c(NC(=O)/C=C/c2cccnc2)sc2c1CCN(C(=O)Oc1ccccc1)C2. The largest absolute Gasteiger partial charge is 0.415 e. The number of anilines is 1. The van der Waals surface area contributed by atoms with Crippen molar-refractivity contribution in [3.63, 3.8) is 0 Å². The van der Waals surface area contributed by atoms with Crippen molar-refractivity contribution in [2.24, 2.45) is 4.99 Å². The van der Waals surface area contributed by atoms with E-state index in [4.69, 9.17) is 4.74 Å². The summed E-state index contributed by atoms with van der Waals surface area (Å²) in [5.41, 5.74) is 2.85. The first-order valence-electron chi connectivity index (χ1n) is 10.1. The van der Waals surface area contributed by atoms with Gasteiger partial charge in [-0.3, -0.25) is 14.8 Å². The molecule has 8 heteroatoms. The van der Waals surface area contributed by atoms with Gasteiger partial charge < -0.3 is 15.0 Å². The van der Waals surface area contributed by atoms with Crippen LogP contribution in [0.2, 0.25) is 0 Å². The second-order valence-electron chi connectivity index (χ2n) is 7.10. The van der Waals surface area contributed by atoms with Gasteiger partial charge in [-0.2, -0.15) is 0 Å². The van der Waals surface area contributed by atoms with Gasteiger partial charge >= 0.3 is 6.09 Å². The number of carbonyl (C=O) groups excluding carboxylic acids is 2. The van der Waals surface area contributed by atoms with Gasteiger partial charge in [0.05, 0.1) is 6.54 Å². The molecule has 3 aromatic rings. The van der Waals surface area contributed by atoms with E-state index in [0.29, 0.717) is 25.3 Å². The van der Waals surface area contributed by atoms with Crippen molar-refractivity contribution in [2.75, 3.05) is 18.9 Å². The highest BCUT2D eigenvalue weighted by Gasteiger charge is 2.27. The number of rotatable bonds is 5. The number of para-hydroxylation sites is 1. The summed E-state index contributed by atoms with van der Waals surface area (Å²) >= 11 is 1.46. The molecular weight excluding hydrogens is 424 g/mol. The summed E-state index contributed by atoms with van der Waals surface area (Å²) < 4.78 is 5.47. The Bertz CT molecular complexity index is 1160. The highest BCUT2D eigenvalue weighted by Crippen LogP contribution is 2.36. The van der Waals surface area contributed by atoms with E-state index in [1.54, 1.807) is 48.8 Å². The van der Waals surface area contributed by atoms with E-state index in [0.717, 1.165) is 26.6 Å². The van der Waals surface area contributed by atoms with Crippen LogP contribution in [-0.2, 0) is 17.8 Å². The first-order chi connectivity index (χ1) is 15.6. The number of pyridine rings is 1. The Morgan fingerprint density at radius 2 is 2.06 bits per heavy atom. The maximum atomic E-state index is 12.6. The van der Waals surface area contributed by atoms with E-state index in [1.807, 2.05) is 30.3 Å². The van der Waals surface area contributed by atoms with Crippen molar-refractivity contribution in [3.05, 3.63) is 82.5 Å². The molecule has 2 amide bonds. The number of fused-ring (bicyclic) bond motifs is 1. The molecule has 1 aliphatic rings. The Kier molecular flexibility index (Phi) is 6.72. The van der Waals surface area contributed by atoms with Crippen molar-refractivity contribution in [1.82, 2.24) is 9.88 Å². The highest BCUT2D eigenvalue weighted by atomic mass is 32.1. The maximum Gasteiger partial charge on any atom is 0.415 e. The second-order valence-corrected chi connectivity index (χ2v) is 8.20. The Morgan fingerprint density at radius 3 is 2.81 bits per heavy atom. The lowest BCUT2D eigenvalue weighted by Gasteiger charge is -2.26. The molecular formula is C24H22N4O3S. The van der Waals surface area contributed by atoms with Crippen molar-refractivity contribution in [1.29, 1.82) is 0 Å². The molecule has 1 N–H and O–H groups in total. The number of ether oxygens (including phenoxy) is 1. The molecule has 3 heterocycles. The van der Waals surface area contributed by atoms with Crippen molar-refractivity contribution >= 4 is 40.6 Å². The normalized spacial score (nSPS) is 13.3. The predicted molar refractivity (Wildman–Crippen MR) is 126 cm³/mol. The monoisotopic (exact) mass is 446 g/mol. The average Bonchev–Trinajstić information content (AvgIpc) is 3.15. The lowest BCUT2D eigenvalue weighted by atomic mass is 10.0. The fourth-order valence-electron chi connectivity index (χ4n) is 3.40. The van der Waals surface area contributed by atoms with Gasteiger partial charge in [-0.25, -0.2) is 4.79 Å². The van der Waals surface area contributed by atoms with Crippen LogP contribution in [0.15, 0.2) is 65.9 Å². The molecule has 0 spiro atoms. The minimum Gasteiger partial charge on any atom is -0.410 e. The summed E-state index contributed by atoms with van der Waals surface area (Å²) in [6.07, 6.45) is 8.60. The summed E-state index contributed by atoms with van der Waals surface area (Å²) in [7, 11) is 1.70. The Balaban J connectivity index is 1.48. The Labute approximate surface area is 190 Å². The molecule has 1 aromatic carbocycles. The standard InChI is InChI=1S/C24H22N4O3S/c1-25-15-20-19-11-13-28(24(30)31-18-7-3-2-4-8-18)16-21(19)32-23(20)27-22(29)10-9-17-6-5-12-26-14-17/h2-10,12,14-15H,11,13,16H2,1H3,(H,27,29)/b10-9+,25-15?. The van der Waals surface area contributed by atoms with Gasteiger partial charge in [0.1, 0.15) is 10.8 Å². The van der Waals surface area contributed by atoms with Gasteiger partial charge in [0.15, 0.2) is 0 Å². The number of carbonyl (C=O) groups is 2. The van der Waals surface area contributed by atoms with Gasteiger partial charge in [0, 0.05) is 48.7 Å². The average molecular weight is 447 g/mol. The Morgan fingerprint density at radius 1 is 1.22 bits per heavy atom. The number of nitrogens with zero attached hydrogens (tertiary/aromatic N) is 3. The van der Waals surface area contributed by atoms with E-state index >= 15 is 0 Å². The van der Waals surface area contributed by atoms with Crippen LogP contribution < -0.4 is 10.1 Å². The molecule has 0 atom stereocenters. The molecule has 7 nitrogen and oxygen atoms in total. The van der Waals surface area contributed by atoms with Gasteiger partial charge in [-0.05, 0) is 41.8 Å². The molecule has 0 aliphatic carbocycles. The van der Waals surface area contributed by atoms with Crippen molar-refractivity contribution in [2.45, 2.75) is 13.0 Å². The molecule has 162 valence electrons. The summed E-state index contributed by atoms with van der Waals surface area (Å²) in [5, 5.41) is 3.68. The van der Waals surface area contributed by atoms with Crippen LogP contribution in [0.1, 0.15) is 21.6 Å². The Hall–Kier alpha value is -3.78. The summed E-state index contributed by atoms with van der Waals surface area (Å²) in [6.45, 7) is 0.964. The number of aromatic nitrogens is 1. The predicted octanol–water partition coefficient (Wildman–Crippen LogP) is 4.40. The molecule has 0 bridgehead atoms. The van der Waals surface area contributed by atoms with Crippen LogP contribution in [0.3, 0.4) is 0 Å². The molecule has 1 aliphatic heterocycles. The number of amides is 2. The van der Waals surface area contributed by atoms with Crippen molar-refractivity contribution < 1.29 is 14.3 Å². The third-order valence-electron chi connectivity index (χ3n) is 4.91. The minimum absolute atomic E-state index is 0.237. The van der Waals surface area contributed by atoms with Gasteiger partial charge in [-0.1, -0.05) is 24.3 Å². The van der Waals surface area contributed by atoms with Crippen molar-refractivity contribution in [3.8, 4) is 5.75 Å². The topological polar surface area (TPSA) is 83.9 Å². The zero-order valence-electron chi connectivity index (χ0n) is 17.5. The lowest BCUT2D eigenvalue weighted by Crippen LogP contribution is -2.37. The molecule has 2 aromatic heterocycles. The number of benzene rings is 1. The number of thiophene rings is 1. The van der Waals surface area contributed by atoms with Crippen LogP contribution >= 0.6 is 11.3 Å². The fourth-order valence-corrected chi connectivity index (χ4v) is 4.64. The first-order valence-corrected chi connectivity index (χ1v) is 10.9. The quantitative estimate of drug-likeness (QED) is 0.465. The van der Waals surface area contributed by atoms with Crippen LogP contribution in [0, 0.1) is 0 Å². The van der Waals surface area contributed by atoms with Crippen LogP contribution in [0.5, 0.6) is 5.75 Å². The van der Waals surface area contributed by atoms with Gasteiger partial charge in [0.25, 0.3) is 0 Å². The molecule has 32 heavy (non-hydrogen) atoms. The summed E-state index contributed by atoms with van der Waals surface area (Å²) in [6, 6.07) is 12.7. The van der Waals surface area contributed by atoms with E-state index in [9.17, 15) is 9.59 Å². The van der Waals surface area contributed by atoms with Gasteiger partial charge in [-0.15, -0.1) is 11.3 Å². The number of hydrogen-bond acceptors (Lipinski definition) is 6. The highest BCUT2D eigenvalue weighted by molar-refractivity contribution is 7.17. The van der Waals surface area contributed by atoms with E-state index < -0.39 is 0 Å². The summed E-state index contributed by atoms with van der Waals surface area (Å²) in [4.78, 5) is 36.0. The second kappa shape index (κ2) is 10.0. The zero-order chi connectivity index (χ0) is 22.3. The number of hydrogen-bond donors (Lipinski definition) is 1.